The van der Waals surface area contributed by atoms with E-state index in [1.54, 1.807) is 24.5 Å². The first-order chi connectivity index (χ1) is 11.9. The molecule has 0 aliphatic heterocycles. The molecule has 8 heteroatoms. The van der Waals surface area contributed by atoms with Crippen LogP contribution in [0.25, 0.3) is 0 Å². The van der Waals surface area contributed by atoms with Crippen LogP contribution in [-0.2, 0) is 12.1 Å². The fourth-order valence-corrected chi connectivity index (χ4v) is 3.18. The van der Waals surface area contributed by atoms with Crippen LogP contribution in [0.4, 0.5) is 5.82 Å². The normalized spacial score (nSPS) is 13.5. The van der Waals surface area contributed by atoms with Crippen LogP contribution in [0.2, 0.25) is 0 Å². The highest BCUT2D eigenvalue weighted by Gasteiger charge is 2.24. The number of anilines is 1. The molecule has 0 saturated heterocycles. The zero-order chi connectivity index (χ0) is 18.3. The summed E-state index contributed by atoms with van der Waals surface area (Å²) < 4.78 is 0. The van der Waals surface area contributed by atoms with Crippen molar-refractivity contribution in [2.45, 2.75) is 26.0 Å². The van der Waals surface area contributed by atoms with Crippen LogP contribution >= 0.6 is 35.3 Å². The number of aromatic nitrogens is 1. The summed E-state index contributed by atoms with van der Waals surface area (Å²) in [6.45, 7) is 5.47. The van der Waals surface area contributed by atoms with E-state index in [1.165, 1.54) is 0 Å². The van der Waals surface area contributed by atoms with Gasteiger partial charge in [0.1, 0.15) is 11.4 Å². The molecule has 0 fully saturated rings. The molecule has 0 saturated carbocycles. The third-order valence-corrected chi connectivity index (χ3v) is 4.82. The number of nitrogens with zero attached hydrogens (tertiary/aromatic N) is 3. The molecule has 0 radical (unpaired) electrons. The van der Waals surface area contributed by atoms with E-state index < -0.39 is 5.60 Å². The number of guanidine groups is 1. The summed E-state index contributed by atoms with van der Waals surface area (Å²) in [4.78, 5) is 11.9. The minimum Gasteiger partial charge on any atom is -0.383 e. The van der Waals surface area contributed by atoms with Crippen LogP contribution in [0.1, 0.15) is 24.3 Å². The van der Waals surface area contributed by atoms with E-state index >= 15 is 0 Å². The van der Waals surface area contributed by atoms with E-state index in [4.69, 9.17) is 0 Å². The van der Waals surface area contributed by atoms with Crippen LogP contribution in [0.3, 0.4) is 0 Å². The van der Waals surface area contributed by atoms with E-state index in [1.807, 2.05) is 55.6 Å². The highest BCUT2D eigenvalue weighted by molar-refractivity contribution is 14.0. The largest absolute Gasteiger partial charge is 0.383 e. The van der Waals surface area contributed by atoms with Crippen LogP contribution < -0.4 is 15.5 Å². The average molecular weight is 489 g/mol. The number of halogens is 1. The van der Waals surface area contributed by atoms with Gasteiger partial charge in [-0.3, -0.25) is 0 Å². The number of pyridine rings is 1. The molecule has 1 atom stereocenters. The fourth-order valence-electron chi connectivity index (χ4n) is 2.39. The van der Waals surface area contributed by atoms with E-state index in [0.717, 1.165) is 22.8 Å². The van der Waals surface area contributed by atoms with E-state index in [-0.39, 0.29) is 24.0 Å². The molecule has 0 aliphatic carbocycles. The Labute approximate surface area is 176 Å². The lowest BCUT2D eigenvalue weighted by Crippen LogP contribution is -2.44. The average Bonchev–Trinajstić information content (AvgIpc) is 3.13. The molecule has 0 spiro atoms. The lowest BCUT2D eigenvalue weighted by molar-refractivity contribution is 0.0655. The van der Waals surface area contributed by atoms with Crippen LogP contribution in [0.15, 0.2) is 40.8 Å². The molecule has 0 bridgehead atoms. The van der Waals surface area contributed by atoms with Crippen molar-refractivity contribution >= 4 is 47.1 Å². The Morgan fingerprint density at radius 1 is 1.31 bits per heavy atom. The van der Waals surface area contributed by atoms with Gasteiger partial charge >= 0.3 is 0 Å². The predicted octanol–water partition coefficient (Wildman–Crippen LogP) is 2.79. The molecule has 0 aliphatic rings. The molecular formula is C18H28IN5OS. The Hall–Kier alpha value is -1.39. The molecule has 144 valence electrons. The number of aliphatic hydroxyl groups is 1. The Morgan fingerprint density at radius 3 is 2.69 bits per heavy atom. The van der Waals surface area contributed by atoms with Gasteiger partial charge in [-0.15, -0.1) is 35.3 Å². The van der Waals surface area contributed by atoms with Gasteiger partial charge in [0.2, 0.25) is 0 Å². The highest BCUT2D eigenvalue weighted by Crippen LogP contribution is 2.24. The van der Waals surface area contributed by atoms with Crippen LogP contribution in [-0.4, -0.2) is 43.2 Å². The van der Waals surface area contributed by atoms with Crippen LogP contribution in [0, 0.1) is 0 Å². The van der Waals surface area contributed by atoms with Gasteiger partial charge in [0, 0.05) is 37.3 Å². The number of thiophene rings is 1. The van der Waals surface area contributed by atoms with Crippen molar-refractivity contribution in [3.8, 4) is 0 Å². The maximum Gasteiger partial charge on any atom is 0.191 e. The number of aliphatic imine (C=N–C) groups is 1. The van der Waals surface area contributed by atoms with Gasteiger partial charge in [0.25, 0.3) is 0 Å². The first-order valence-corrected chi connectivity index (χ1v) is 9.21. The number of rotatable bonds is 7. The monoisotopic (exact) mass is 489 g/mol. The fraction of sp³-hybridized carbons (Fsp3) is 0.444. The maximum absolute atomic E-state index is 10.6. The minimum atomic E-state index is -0.937. The molecule has 26 heavy (non-hydrogen) atoms. The number of hydrogen-bond donors (Lipinski definition) is 3. The Bertz CT molecular complexity index is 689. The molecule has 6 nitrogen and oxygen atoms in total. The third kappa shape index (κ3) is 6.40. The van der Waals surface area contributed by atoms with Gasteiger partial charge in [0.15, 0.2) is 5.96 Å². The summed E-state index contributed by atoms with van der Waals surface area (Å²) in [5.74, 6) is 1.58. The van der Waals surface area contributed by atoms with Crippen molar-refractivity contribution in [1.29, 1.82) is 0 Å². The Morgan fingerprint density at radius 2 is 2.08 bits per heavy atom. The van der Waals surface area contributed by atoms with Crippen molar-refractivity contribution in [3.63, 3.8) is 0 Å². The maximum atomic E-state index is 10.6. The van der Waals surface area contributed by atoms with E-state index in [9.17, 15) is 5.11 Å². The summed E-state index contributed by atoms with van der Waals surface area (Å²) in [5, 5.41) is 19.1. The van der Waals surface area contributed by atoms with Crippen LogP contribution in [0.5, 0.6) is 0 Å². The first-order valence-electron chi connectivity index (χ1n) is 8.34. The second-order valence-electron chi connectivity index (χ2n) is 6.18. The van der Waals surface area contributed by atoms with Crippen molar-refractivity contribution in [2.24, 2.45) is 4.99 Å². The van der Waals surface area contributed by atoms with Crippen molar-refractivity contribution in [3.05, 3.63) is 46.3 Å². The van der Waals surface area contributed by atoms with Gasteiger partial charge in [-0.1, -0.05) is 12.1 Å². The molecule has 2 aromatic heterocycles. The van der Waals surface area contributed by atoms with Gasteiger partial charge in [-0.2, -0.15) is 0 Å². The quantitative estimate of drug-likeness (QED) is 0.317. The topological polar surface area (TPSA) is 72.8 Å². The molecule has 0 amide bonds. The summed E-state index contributed by atoms with van der Waals surface area (Å²) >= 11 is 1.55. The molecule has 2 heterocycles. The molecule has 2 aromatic rings. The zero-order valence-corrected chi connectivity index (χ0v) is 18.8. The molecule has 0 aromatic carbocycles. The number of nitrogens with one attached hydrogen (secondary N) is 2. The van der Waals surface area contributed by atoms with Gasteiger partial charge in [-0.25, -0.2) is 9.98 Å². The standard InChI is InChI=1S/C18H27N5OS.HI/c1-5-19-17(22-13-18(2,24)15-9-7-11-25-15)21-12-14-8-6-10-20-16(14)23(3)4;/h6-11,24H,5,12-13H2,1-4H3,(H2,19,21,22);1H. The minimum absolute atomic E-state index is 0. The third-order valence-electron chi connectivity index (χ3n) is 3.69. The summed E-state index contributed by atoms with van der Waals surface area (Å²) in [6.07, 6.45) is 1.78. The second-order valence-corrected chi connectivity index (χ2v) is 7.13. The lowest BCUT2D eigenvalue weighted by atomic mass is 10.1. The SMILES string of the molecule is CCNC(=NCc1cccnc1N(C)C)NCC(C)(O)c1cccs1.I. The highest BCUT2D eigenvalue weighted by atomic mass is 127. The van der Waals surface area contributed by atoms with Crippen molar-refractivity contribution in [2.75, 3.05) is 32.1 Å². The summed E-state index contributed by atoms with van der Waals surface area (Å²) in [5.41, 5.74) is 0.114. The van der Waals surface area contributed by atoms with Gasteiger partial charge in [-0.05, 0) is 31.4 Å². The Balaban J connectivity index is 0.00000338. The lowest BCUT2D eigenvalue weighted by Gasteiger charge is -2.24. The van der Waals surface area contributed by atoms with Crippen molar-refractivity contribution in [1.82, 2.24) is 15.6 Å². The predicted molar refractivity (Wildman–Crippen MR) is 121 cm³/mol. The Kier molecular flexibility index (Phi) is 9.31. The number of hydrogen-bond acceptors (Lipinski definition) is 5. The van der Waals surface area contributed by atoms with Crippen molar-refractivity contribution < 1.29 is 5.11 Å². The van der Waals surface area contributed by atoms with E-state index in [2.05, 4.69) is 20.6 Å². The molecule has 1 unspecified atom stereocenters. The molecule has 2 rings (SSSR count). The smallest absolute Gasteiger partial charge is 0.191 e. The van der Waals surface area contributed by atoms with E-state index in [0.29, 0.717) is 19.0 Å². The molecule has 3 N–H and O–H groups in total. The van der Waals surface area contributed by atoms with Gasteiger partial charge < -0.3 is 20.6 Å². The summed E-state index contributed by atoms with van der Waals surface area (Å²) in [6, 6.07) is 7.82. The zero-order valence-electron chi connectivity index (χ0n) is 15.7. The molecular weight excluding hydrogens is 461 g/mol. The second kappa shape index (κ2) is 10.7. The van der Waals surface area contributed by atoms with Gasteiger partial charge in [0.05, 0.1) is 13.1 Å². The first kappa shape index (κ1) is 22.7. The summed E-state index contributed by atoms with van der Waals surface area (Å²) in [7, 11) is 3.94.